The number of hydrogen-bond donors (Lipinski definition) is 2. The highest BCUT2D eigenvalue weighted by Gasteiger charge is 2.16. The Morgan fingerprint density at radius 1 is 1.35 bits per heavy atom. The van der Waals surface area contributed by atoms with Crippen LogP contribution in [0.2, 0.25) is 0 Å². The van der Waals surface area contributed by atoms with E-state index in [1.807, 2.05) is 6.92 Å². The van der Waals surface area contributed by atoms with Gasteiger partial charge in [-0.05, 0) is 13.3 Å². The largest absolute Gasteiger partial charge is 0.363 e. The van der Waals surface area contributed by atoms with E-state index >= 15 is 0 Å². The summed E-state index contributed by atoms with van der Waals surface area (Å²) in [5, 5.41) is 8.88. The number of hydrogen-bond acceptors (Lipinski definition) is 4. The van der Waals surface area contributed by atoms with Crippen LogP contribution in [0.1, 0.15) is 33.1 Å². The molecule has 1 heterocycles. The molecule has 0 atom stereocenters. The van der Waals surface area contributed by atoms with Gasteiger partial charge in [0.1, 0.15) is 12.8 Å². The molecule has 0 fully saturated rings. The minimum atomic E-state index is -0.290. The molecule has 20 heavy (non-hydrogen) atoms. The molecule has 0 aliphatic rings. The molecule has 7 nitrogen and oxygen atoms in total. The van der Waals surface area contributed by atoms with Gasteiger partial charge >= 0.3 is 6.03 Å². The third-order valence-corrected chi connectivity index (χ3v) is 2.69. The van der Waals surface area contributed by atoms with E-state index in [2.05, 4.69) is 27.2 Å². The lowest BCUT2D eigenvalue weighted by atomic mass is 10.2. The first kappa shape index (κ1) is 16.0. The smallest absolute Gasteiger partial charge is 0.317 e. The number of aromatic nitrogens is 1. The Hall–Kier alpha value is -2.05. The van der Waals surface area contributed by atoms with E-state index in [0.29, 0.717) is 18.9 Å². The summed E-state index contributed by atoms with van der Waals surface area (Å²) < 4.78 is 4.63. The van der Waals surface area contributed by atoms with Gasteiger partial charge in [0.15, 0.2) is 5.82 Å². The van der Waals surface area contributed by atoms with Gasteiger partial charge < -0.3 is 20.1 Å². The average Bonchev–Trinajstić information content (AvgIpc) is 2.90. The molecule has 0 bridgehead atoms. The molecular weight excluding hydrogens is 260 g/mol. The first-order chi connectivity index (χ1) is 9.67. The van der Waals surface area contributed by atoms with E-state index in [1.165, 1.54) is 11.2 Å². The van der Waals surface area contributed by atoms with Crippen LogP contribution in [-0.4, -0.2) is 41.6 Å². The zero-order valence-electron chi connectivity index (χ0n) is 12.0. The van der Waals surface area contributed by atoms with Crippen LogP contribution in [0.25, 0.3) is 0 Å². The van der Waals surface area contributed by atoms with Crippen molar-refractivity contribution in [2.45, 2.75) is 33.1 Å². The van der Waals surface area contributed by atoms with Crippen LogP contribution in [-0.2, 0) is 4.79 Å². The van der Waals surface area contributed by atoms with Gasteiger partial charge in [0.05, 0.1) is 0 Å². The summed E-state index contributed by atoms with van der Waals surface area (Å²) in [6, 6.07) is 1.32. The SMILES string of the molecule is CCCCCN(CC(=O)Nc1ccon1)C(=O)NCC. The van der Waals surface area contributed by atoms with Gasteiger partial charge in [-0.2, -0.15) is 0 Å². The minimum absolute atomic E-state index is 0.00239. The predicted octanol–water partition coefficient (Wildman–Crippen LogP) is 1.83. The fraction of sp³-hybridized carbons (Fsp3) is 0.615. The van der Waals surface area contributed by atoms with Crippen LogP contribution in [0.3, 0.4) is 0 Å². The Morgan fingerprint density at radius 2 is 2.15 bits per heavy atom. The fourth-order valence-electron chi connectivity index (χ4n) is 1.70. The Kier molecular flexibility index (Phi) is 7.16. The quantitative estimate of drug-likeness (QED) is 0.712. The molecule has 0 aromatic carbocycles. The van der Waals surface area contributed by atoms with Gasteiger partial charge in [-0.3, -0.25) is 4.79 Å². The summed E-state index contributed by atoms with van der Waals surface area (Å²) in [5.41, 5.74) is 0. The number of amides is 3. The monoisotopic (exact) mass is 282 g/mol. The molecule has 0 saturated carbocycles. The summed E-state index contributed by atoms with van der Waals surface area (Å²) in [6.45, 7) is 5.04. The summed E-state index contributed by atoms with van der Waals surface area (Å²) in [5.74, 6) is 0.0565. The molecule has 1 rings (SSSR count). The lowest BCUT2D eigenvalue weighted by Gasteiger charge is -2.22. The molecule has 0 unspecified atom stereocenters. The van der Waals surface area contributed by atoms with Crippen molar-refractivity contribution in [3.05, 3.63) is 12.3 Å². The Bertz CT molecular complexity index is 406. The third kappa shape index (κ3) is 5.73. The third-order valence-electron chi connectivity index (χ3n) is 2.69. The van der Waals surface area contributed by atoms with Crippen molar-refractivity contribution in [3.8, 4) is 0 Å². The number of nitrogens with one attached hydrogen (secondary N) is 2. The number of unbranched alkanes of at least 4 members (excludes halogenated alkanes) is 2. The molecule has 0 aliphatic carbocycles. The Morgan fingerprint density at radius 3 is 2.75 bits per heavy atom. The van der Waals surface area contributed by atoms with Gasteiger partial charge in [0.2, 0.25) is 5.91 Å². The lowest BCUT2D eigenvalue weighted by Crippen LogP contribution is -2.44. The van der Waals surface area contributed by atoms with Gasteiger partial charge in [0.25, 0.3) is 0 Å². The highest BCUT2D eigenvalue weighted by atomic mass is 16.5. The van der Waals surface area contributed by atoms with Gasteiger partial charge in [0, 0.05) is 19.2 Å². The van der Waals surface area contributed by atoms with Gasteiger partial charge in [-0.25, -0.2) is 4.79 Å². The number of nitrogens with zero attached hydrogens (tertiary/aromatic N) is 2. The second-order valence-corrected chi connectivity index (χ2v) is 4.40. The highest BCUT2D eigenvalue weighted by molar-refractivity contribution is 5.93. The van der Waals surface area contributed by atoms with Crippen molar-refractivity contribution in [3.63, 3.8) is 0 Å². The van der Waals surface area contributed by atoms with Crippen LogP contribution < -0.4 is 10.6 Å². The van der Waals surface area contributed by atoms with E-state index in [9.17, 15) is 9.59 Å². The number of urea groups is 1. The molecular formula is C13H22N4O3. The van der Waals surface area contributed by atoms with Crippen molar-refractivity contribution in [1.29, 1.82) is 0 Å². The minimum Gasteiger partial charge on any atom is -0.363 e. The van der Waals surface area contributed by atoms with E-state index in [1.54, 1.807) is 6.07 Å². The highest BCUT2D eigenvalue weighted by Crippen LogP contribution is 2.03. The number of anilines is 1. The second kappa shape index (κ2) is 8.95. The van der Waals surface area contributed by atoms with Crippen molar-refractivity contribution in [1.82, 2.24) is 15.4 Å². The fourth-order valence-corrected chi connectivity index (χ4v) is 1.70. The van der Waals surface area contributed by atoms with Crippen LogP contribution >= 0.6 is 0 Å². The molecule has 0 aliphatic heterocycles. The maximum atomic E-state index is 11.9. The molecule has 2 N–H and O–H groups in total. The maximum Gasteiger partial charge on any atom is 0.317 e. The summed E-state index contributed by atoms with van der Waals surface area (Å²) >= 11 is 0. The number of carbonyl (C=O) groups excluding carboxylic acids is 2. The zero-order chi connectivity index (χ0) is 14.8. The summed E-state index contributed by atoms with van der Waals surface area (Å²) in [7, 11) is 0. The van der Waals surface area contributed by atoms with E-state index in [4.69, 9.17) is 0 Å². The van der Waals surface area contributed by atoms with Crippen LogP contribution in [0.5, 0.6) is 0 Å². The molecule has 0 saturated heterocycles. The summed E-state index contributed by atoms with van der Waals surface area (Å²) in [4.78, 5) is 25.2. The van der Waals surface area contributed by atoms with Crippen molar-refractivity contribution in [2.24, 2.45) is 0 Å². The van der Waals surface area contributed by atoms with Gasteiger partial charge in [-0.15, -0.1) is 0 Å². The zero-order valence-corrected chi connectivity index (χ0v) is 12.0. The van der Waals surface area contributed by atoms with E-state index < -0.39 is 0 Å². The summed E-state index contributed by atoms with van der Waals surface area (Å²) in [6.07, 6.45) is 4.35. The first-order valence-corrected chi connectivity index (χ1v) is 6.90. The van der Waals surface area contributed by atoms with Crippen molar-refractivity contribution in [2.75, 3.05) is 25.0 Å². The number of rotatable bonds is 8. The van der Waals surface area contributed by atoms with Crippen molar-refractivity contribution < 1.29 is 14.1 Å². The lowest BCUT2D eigenvalue weighted by molar-refractivity contribution is -0.116. The Labute approximate surface area is 118 Å². The van der Waals surface area contributed by atoms with Crippen LogP contribution in [0.4, 0.5) is 10.6 Å². The molecule has 3 amide bonds. The van der Waals surface area contributed by atoms with Crippen LogP contribution in [0, 0.1) is 0 Å². The van der Waals surface area contributed by atoms with Gasteiger partial charge in [-0.1, -0.05) is 24.9 Å². The molecule has 0 radical (unpaired) electrons. The maximum absolute atomic E-state index is 11.9. The van der Waals surface area contributed by atoms with E-state index in [0.717, 1.165) is 19.3 Å². The molecule has 1 aromatic heterocycles. The number of carbonyl (C=O) groups is 2. The topological polar surface area (TPSA) is 87.5 Å². The van der Waals surface area contributed by atoms with E-state index in [-0.39, 0.29) is 18.5 Å². The predicted molar refractivity (Wildman–Crippen MR) is 75.3 cm³/mol. The average molecular weight is 282 g/mol. The Balaban J connectivity index is 2.49. The standard InChI is InChI=1S/C13H22N4O3/c1-3-5-6-8-17(13(19)14-4-2)10-12(18)15-11-7-9-20-16-11/h7,9H,3-6,8,10H2,1-2H3,(H,14,19)(H,15,16,18). The molecule has 1 aromatic rings. The van der Waals surface area contributed by atoms with Crippen LogP contribution in [0.15, 0.2) is 16.9 Å². The van der Waals surface area contributed by atoms with Crippen molar-refractivity contribution >= 4 is 17.8 Å². The molecule has 7 heteroatoms. The normalized spacial score (nSPS) is 10.1. The molecule has 0 spiro atoms. The molecule has 112 valence electrons. The first-order valence-electron chi connectivity index (χ1n) is 6.90. The second-order valence-electron chi connectivity index (χ2n) is 4.40.